The molecule has 0 aliphatic carbocycles. The Balaban J connectivity index is 1.59. The van der Waals surface area contributed by atoms with E-state index in [4.69, 9.17) is 21.0 Å². The fourth-order valence-corrected chi connectivity index (χ4v) is 6.87. The van der Waals surface area contributed by atoms with Gasteiger partial charge in [0, 0.05) is 47.9 Å². The molecule has 0 atom stereocenters. The van der Waals surface area contributed by atoms with E-state index < -0.39 is 0 Å². The van der Waals surface area contributed by atoms with Crippen molar-refractivity contribution in [3.63, 3.8) is 0 Å². The Kier molecular flexibility index (Phi) is 8.43. The van der Waals surface area contributed by atoms with Crippen molar-refractivity contribution in [2.75, 3.05) is 0 Å². The maximum atomic E-state index is 9.12. The van der Waals surface area contributed by atoms with Gasteiger partial charge in [-0.1, -0.05) is 50.5 Å². The maximum absolute atomic E-state index is 9.12. The van der Waals surface area contributed by atoms with Crippen molar-refractivity contribution in [1.29, 1.82) is 21.0 Å². The predicted molar refractivity (Wildman–Crippen MR) is 169 cm³/mol. The average Bonchev–Trinajstić information content (AvgIpc) is 3.74. The number of benzene rings is 2. The predicted octanol–water partition coefficient (Wildman–Crippen LogP) is 9.69. The Labute approximate surface area is 247 Å². The van der Waals surface area contributed by atoms with Gasteiger partial charge in [0.25, 0.3) is 0 Å². The lowest BCUT2D eigenvalue weighted by atomic mass is 10.1. The number of unbranched alkanes of at least 4 members (excludes halogenated alkanes) is 3. The Morgan fingerprint density at radius 2 is 1.15 bits per heavy atom. The van der Waals surface area contributed by atoms with Gasteiger partial charge in [0.05, 0.1) is 0 Å². The molecule has 0 saturated heterocycles. The van der Waals surface area contributed by atoms with Gasteiger partial charge in [0.2, 0.25) is 0 Å². The summed E-state index contributed by atoms with van der Waals surface area (Å²) in [6, 6.07) is 28.9. The minimum absolute atomic E-state index is 0.0984. The first-order valence-corrected chi connectivity index (χ1v) is 15.0. The lowest BCUT2D eigenvalue weighted by molar-refractivity contribution is 0.602. The van der Waals surface area contributed by atoms with Crippen molar-refractivity contribution in [3.8, 4) is 45.2 Å². The first kappa shape index (κ1) is 27.6. The largest absolute Gasteiger partial charge is 0.340 e. The van der Waals surface area contributed by atoms with E-state index >= 15 is 0 Å². The normalized spacial score (nSPS) is 10.5. The van der Waals surface area contributed by atoms with Gasteiger partial charge in [0.1, 0.15) is 35.4 Å². The van der Waals surface area contributed by atoms with Crippen molar-refractivity contribution in [3.05, 3.63) is 81.6 Å². The highest BCUT2D eigenvalue weighted by Crippen LogP contribution is 2.38. The summed E-state index contributed by atoms with van der Waals surface area (Å²) in [6.07, 6.45) is 7.94. The minimum atomic E-state index is 0.0984. The van der Waals surface area contributed by atoms with Crippen molar-refractivity contribution < 1.29 is 0 Å². The average molecular weight is 568 g/mol. The summed E-state index contributed by atoms with van der Waals surface area (Å²) >= 11 is 3.14. The van der Waals surface area contributed by atoms with E-state index in [9.17, 15) is 0 Å². The van der Waals surface area contributed by atoms with Crippen LogP contribution in [0.25, 0.3) is 54.8 Å². The number of aromatic nitrogens is 1. The SMILES string of the molecule is CCCCCCn1c2cc(-c3ccc(C=C(C#N)C#N)s3)ccc2c2ccc(-c3ccc(C=C(C#N)C#N)s3)cc21. The Bertz CT molecular complexity index is 1820. The molecular weight excluding hydrogens is 543 g/mol. The molecule has 5 rings (SSSR count). The van der Waals surface area contributed by atoms with Gasteiger partial charge in [-0.2, -0.15) is 21.0 Å². The summed E-state index contributed by atoms with van der Waals surface area (Å²) in [4.78, 5) is 3.94. The van der Waals surface area contributed by atoms with Gasteiger partial charge >= 0.3 is 0 Å². The van der Waals surface area contributed by atoms with E-state index in [1.807, 2.05) is 48.5 Å². The molecule has 3 heterocycles. The Morgan fingerprint density at radius 1 is 0.659 bits per heavy atom. The zero-order chi connectivity index (χ0) is 28.8. The summed E-state index contributed by atoms with van der Waals surface area (Å²) in [5, 5.41) is 38.9. The standard InChI is InChI=1S/C34H25N5S2/c1-2-3-4-5-14-39-31-17-25(33-12-8-27(40-33)15-23(19-35)20-36)6-10-29(31)30-11-7-26(18-32(30)39)34-13-9-28(41-34)16-24(21-37)22-38/h6-13,15-18H,2-5,14H2,1H3. The summed E-state index contributed by atoms with van der Waals surface area (Å²) in [6.45, 7) is 3.14. The van der Waals surface area contributed by atoms with E-state index in [-0.39, 0.29) is 11.1 Å². The highest BCUT2D eigenvalue weighted by atomic mass is 32.1. The molecule has 3 aromatic heterocycles. The second kappa shape index (κ2) is 12.5. The number of aryl methyl sites for hydroxylation is 1. The van der Waals surface area contributed by atoms with Gasteiger partial charge in [0.15, 0.2) is 0 Å². The Hall–Kier alpha value is -4.92. The third-order valence-corrected chi connectivity index (χ3v) is 9.14. The molecule has 0 unspecified atom stereocenters. The molecule has 41 heavy (non-hydrogen) atoms. The van der Waals surface area contributed by atoms with Gasteiger partial charge < -0.3 is 4.57 Å². The molecule has 0 aliphatic heterocycles. The number of thiophene rings is 2. The van der Waals surface area contributed by atoms with Gasteiger partial charge in [-0.05, 0) is 66.1 Å². The van der Waals surface area contributed by atoms with Crippen molar-refractivity contribution in [1.82, 2.24) is 4.57 Å². The molecule has 0 saturated carbocycles. The van der Waals surface area contributed by atoms with Crippen LogP contribution in [0.4, 0.5) is 0 Å². The van der Waals surface area contributed by atoms with E-state index in [0.717, 1.165) is 43.6 Å². The van der Waals surface area contributed by atoms with Crippen LogP contribution in [-0.4, -0.2) is 4.57 Å². The monoisotopic (exact) mass is 567 g/mol. The lowest BCUT2D eigenvalue weighted by Gasteiger charge is -2.09. The number of allylic oxidation sites excluding steroid dienone is 2. The molecule has 5 aromatic rings. The maximum Gasteiger partial charge on any atom is 0.131 e. The number of nitriles is 4. The highest BCUT2D eigenvalue weighted by molar-refractivity contribution is 7.16. The molecule has 0 aliphatic rings. The van der Waals surface area contributed by atoms with E-state index in [1.54, 1.807) is 34.8 Å². The second-order valence-corrected chi connectivity index (χ2v) is 11.9. The quantitative estimate of drug-likeness (QED) is 0.131. The number of fused-ring (bicyclic) bond motifs is 3. The first-order chi connectivity index (χ1) is 20.1. The topological polar surface area (TPSA) is 100 Å². The van der Waals surface area contributed by atoms with Crippen molar-refractivity contribution in [2.45, 2.75) is 39.2 Å². The minimum Gasteiger partial charge on any atom is -0.340 e. The lowest BCUT2D eigenvalue weighted by Crippen LogP contribution is -1.98. The molecule has 5 nitrogen and oxygen atoms in total. The number of hydrogen-bond acceptors (Lipinski definition) is 6. The van der Waals surface area contributed by atoms with Crippen LogP contribution >= 0.6 is 22.7 Å². The molecular formula is C34H25N5S2. The van der Waals surface area contributed by atoms with Crippen LogP contribution in [0.1, 0.15) is 42.4 Å². The van der Waals surface area contributed by atoms with E-state index in [2.05, 4.69) is 47.9 Å². The van der Waals surface area contributed by atoms with Crippen molar-refractivity contribution in [2.24, 2.45) is 0 Å². The fraction of sp³-hybridized carbons (Fsp3) is 0.176. The van der Waals surface area contributed by atoms with Crippen LogP contribution in [0.2, 0.25) is 0 Å². The molecule has 0 N–H and O–H groups in total. The Morgan fingerprint density at radius 3 is 1.59 bits per heavy atom. The third-order valence-electron chi connectivity index (χ3n) is 6.98. The molecule has 7 heteroatoms. The highest BCUT2D eigenvalue weighted by Gasteiger charge is 2.14. The van der Waals surface area contributed by atoms with Crippen LogP contribution in [0, 0.1) is 45.3 Å². The smallest absolute Gasteiger partial charge is 0.131 e. The van der Waals surface area contributed by atoms with Crippen molar-refractivity contribution >= 4 is 56.6 Å². The van der Waals surface area contributed by atoms with Crippen LogP contribution in [0.5, 0.6) is 0 Å². The second-order valence-electron chi connectivity index (χ2n) is 9.64. The zero-order valence-electron chi connectivity index (χ0n) is 22.5. The number of nitrogens with zero attached hydrogens (tertiary/aromatic N) is 5. The van der Waals surface area contributed by atoms with Gasteiger partial charge in [-0.3, -0.25) is 0 Å². The fourth-order valence-electron chi connectivity index (χ4n) is 4.97. The molecule has 0 spiro atoms. The number of hydrogen-bond donors (Lipinski definition) is 0. The van der Waals surface area contributed by atoms with E-state index in [1.165, 1.54) is 41.1 Å². The van der Waals surface area contributed by atoms with Crippen LogP contribution in [0.3, 0.4) is 0 Å². The summed E-state index contributed by atoms with van der Waals surface area (Å²) in [5.74, 6) is 0. The summed E-state index contributed by atoms with van der Waals surface area (Å²) in [7, 11) is 0. The molecule has 198 valence electrons. The molecule has 0 fully saturated rings. The molecule has 0 radical (unpaired) electrons. The third kappa shape index (κ3) is 5.84. The van der Waals surface area contributed by atoms with E-state index in [0.29, 0.717) is 0 Å². The van der Waals surface area contributed by atoms with Crippen LogP contribution in [-0.2, 0) is 6.54 Å². The first-order valence-electron chi connectivity index (χ1n) is 13.4. The zero-order valence-corrected chi connectivity index (χ0v) is 24.1. The van der Waals surface area contributed by atoms with Crippen LogP contribution in [0.15, 0.2) is 71.8 Å². The van der Waals surface area contributed by atoms with Gasteiger partial charge in [-0.25, -0.2) is 0 Å². The van der Waals surface area contributed by atoms with Gasteiger partial charge in [-0.15, -0.1) is 22.7 Å². The molecule has 0 amide bonds. The summed E-state index contributed by atoms with van der Waals surface area (Å²) < 4.78 is 2.43. The van der Waals surface area contributed by atoms with Crippen LogP contribution < -0.4 is 0 Å². The molecule has 0 bridgehead atoms. The molecule has 2 aromatic carbocycles. The summed E-state index contributed by atoms with van der Waals surface area (Å²) in [5.41, 5.74) is 4.79. The number of rotatable bonds is 9.